The summed E-state index contributed by atoms with van der Waals surface area (Å²) >= 11 is 1.50. The molecule has 0 heterocycles. The van der Waals surface area contributed by atoms with Gasteiger partial charge < -0.3 is 10.0 Å². The van der Waals surface area contributed by atoms with Crippen LogP contribution in [-0.4, -0.2) is 67.2 Å². The van der Waals surface area contributed by atoms with Gasteiger partial charge in [0.25, 0.3) is 0 Å². The molecule has 0 rings (SSSR count). The number of hydrogen-bond donors (Lipinski definition) is 2. The van der Waals surface area contributed by atoms with Crippen molar-refractivity contribution >= 4 is 33.7 Å². The predicted octanol–water partition coefficient (Wildman–Crippen LogP) is 0.371. The van der Waals surface area contributed by atoms with Crippen LogP contribution in [-0.2, 0) is 19.6 Å². The van der Waals surface area contributed by atoms with E-state index in [1.807, 2.05) is 13.2 Å². The van der Waals surface area contributed by atoms with Crippen LogP contribution in [0.1, 0.15) is 26.7 Å². The minimum Gasteiger partial charge on any atom is -0.480 e. The SMILES string of the molecule is CCCN(CC(=O)O)C(=O)C(CCSC)NS(=O)(=O)CC. The van der Waals surface area contributed by atoms with E-state index in [9.17, 15) is 18.0 Å². The minimum atomic E-state index is -3.53. The van der Waals surface area contributed by atoms with Crippen LogP contribution in [0.5, 0.6) is 0 Å². The van der Waals surface area contributed by atoms with E-state index in [1.54, 1.807) is 0 Å². The Hall–Kier alpha value is -0.800. The molecule has 0 aromatic carbocycles. The van der Waals surface area contributed by atoms with Gasteiger partial charge in [0.1, 0.15) is 12.6 Å². The number of carbonyl (C=O) groups excluding carboxylic acids is 1. The van der Waals surface area contributed by atoms with Gasteiger partial charge in [-0.25, -0.2) is 13.1 Å². The topological polar surface area (TPSA) is 104 Å². The van der Waals surface area contributed by atoms with E-state index in [4.69, 9.17) is 5.11 Å². The van der Waals surface area contributed by atoms with Crippen LogP contribution in [0, 0.1) is 0 Å². The van der Waals surface area contributed by atoms with Crippen LogP contribution in [0.2, 0.25) is 0 Å². The molecule has 0 aliphatic rings. The third kappa shape index (κ3) is 8.27. The van der Waals surface area contributed by atoms with Crippen LogP contribution in [0.4, 0.5) is 0 Å². The van der Waals surface area contributed by atoms with Crippen molar-refractivity contribution < 1.29 is 23.1 Å². The van der Waals surface area contributed by atoms with E-state index < -0.39 is 34.5 Å². The molecule has 1 unspecified atom stereocenters. The average molecular weight is 340 g/mol. The van der Waals surface area contributed by atoms with Crippen molar-refractivity contribution in [1.29, 1.82) is 0 Å². The molecule has 0 spiro atoms. The van der Waals surface area contributed by atoms with E-state index in [0.717, 1.165) is 0 Å². The lowest BCUT2D eigenvalue weighted by atomic mass is 10.2. The van der Waals surface area contributed by atoms with Crippen molar-refractivity contribution in [3.8, 4) is 0 Å². The lowest BCUT2D eigenvalue weighted by Gasteiger charge is -2.26. The normalized spacial score (nSPS) is 12.9. The highest BCUT2D eigenvalue weighted by atomic mass is 32.2. The Bertz CT molecular complexity index is 439. The maximum atomic E-state index is 12.4. The summed E-state index contributed by atoms with van der Waals surface area (Å²) in [6, 6.07) is -0.909. The smallest absolute Gasteiger partial charge is 0.323 e. The summed E-state index contributed by atoms with van der Waals surface area (Å²) in [6.45, 7) is 3.18. The van der Waals surface area contributed by atoms with Crippen LogP contribution < -0.4 is 4.72 Å². The molecule has 7 nitrogen and oxygen atoms in total. The molecule has 0 saturated heterocycles. The Morgan fingerprint density at radius 1 is 1.33 bits per heavy atom. The molecule has 1 amide bonds. The number of nitrogens with zero attached hydrogens (tertiary/aromatic N) is 1. The lowest BCUT2D eigenvalue weighted by molar-refractivity contribution is -0.145. The summed E-state index contributed by atoms with van der Waals surface area (Å²) in [7, 11) is -3.53. The van der Waals surface area contributed by atoms with Gasteiger partial charge in [-0.05, 0) is 31.8 Å². The van der Waals surface area contributed by atoms with Gasteiger partial charge in [-0.3, -0.25) is 9.59 Å². The van der Waals surface area contributed by atoms with Crippen molar-refractivity contribution in [1.82, 2.24) is 9.62 Å². The average Bonchev–Trinajstić information content (AvgIpc) is 2.41. The number of nitrogens with one attached hydrogen (secondary N) is 1. The summed E-state index contributed by atoms with van der Waals surface area (Å²) in [5.41, 5.74) is 0. The molecule has 21 heavy (non-hydrogen) atoms. The van der Waals surface area contributed by atoms with E-state index in [-0.39, 0.29) is 12.3 Å². The zero-order valence-corrected chi connectivity index (χ0v) is 14.3. The van der Waals surface area contributed by atoms with Crippen molar-refractivity contribution in [3.05, 3.63) is 0 Å². The maximum absolute atomic E-state index is 12.4. The fraction of sp³-hybridized carbons (Fsp3) is 0.833. The number of thioether (sulfide) groups is 1. The van der Waals surface area contributed by atoms with Gasteiger partial charge in [-0.2, -0.15) is 11.8 Å². The van der Waals surface area contributed by atoms with E-state index in [0.29, 0.717) is 18.6 Å². The fourth-order valence-corrected chi connectivity index (χ4v) is 2.98. The Balaban J connectivity index is 5.08. The summed E-state index contributed by atoms with van der Waals surface area (Å²) in [5, 5.41) is 8.86. The molecule has 0 bridgehead atoms. The molecule has 2 N–H and O–H groups in total. The predicted molar refractivity (Wildman–Crippen MR) is 83.9 cm³/mol. The van der Waals surface area contributed by atoms with Crippen molar-refractivity contribution in [2.45, 2.75) is 32.7 Å². The number of carboxylic acid groups (broad SMARTS) is 1. The lowest BCUT2D eigenvalue weighted by Crippen LogP contribution is -2.50. The zero-order chi connectivity index (χ0) is 16.5. The van der Waals surface area contributed by atoms with Gasteiger partial charge in [-0.1, -0.05) is 6.92 Å². The summed E-state index contributed by atoms with van der Waals surface area (Å²) in [4.78, 5) is 24.4. The zero-order valence-electron chi connectivity index (χ0n) is 12.7. The second-order valence-corrected chi connectivity index (χ2v) is 7.54. The Morgan fingerprint density at radius 2 is 1.95 bits per heavy atom. The van der Waals surface area contributed by atoms with E-state index in [1.165, 1.54) is 23.6 Å². The first-order valence-electron chi connectivity index (χ1n) is 6.76. The number of carboxylic acids is 1. The quantitative estimate of drug-likeness (QED) is 0.563. The number of sulfonamides is 1. The van der Waals surface area contributed by atoms with E-state index >= 15 is 0 Å². The molecular weight excluding hydrogens is 316 g/mol. The maximum Gasteiger partial charge on any atom is 0.323 e. The highest BCUT2D eigenvalue weighted by Crippen LogP contribution is 2.07. The Morgan fingerprint density at radius 3 is 2.38 bits per heavy atom. The second-order valence-electron chi connectivity index (χ2n) is 4.51. The first-order valence-corrected chi connectivity index (χ1v) is 9.81. The van der Waals surface area contributed by atoms with Crippen LogP contribution in [0.25, 0.3) is 0 Å². The van der Waals surface area contributed by atoms with Crippen LogP contribution >= 0.6 is 11.8 Å². The molecule has 0 aliphatic carbocycles. The van der Waals surface area contributed by atoms with E-state index in [2.05, 4.69) is 4.72 Å². The third-order valence-electron chi connectivity index (χ3n) is 2.74. The highest BCUT2D eigenvalue weighted by Gasteiger charge is 2.28. The molecule has 124 valence electrons. The number of rotatable bonds is 11. The monoisotopic (exact) mass is 340 g/mol. The summed E-state index contributed by atoms with van der Waals surface area (Å²) < 4.78 is 25.7. The van der Waals surface area contributed by atoms with Crippen LogP contribution in [0.15, 0.2) is 0 Å². The molecular formula is C12H24N2O5S2. The summed E-state index contributed by atoms with van der Waals surface area (Å²) in [5.74, 6) is -1.11. The van der Waals surface area contributed by atoms with Gasteiger partial charge in [0.05, 0.1) is 5.75 Å². The number of hydrogen-bond acceptors (Lipinski definition) is 5. The molecule has 0 radical (unpaired) electrons. The van der Waals surface area contributed by atoms with Gasteiger partial charge >= 0.3 is 5.97 Å². The molecule has 0 fully saturated rings. The molecule has 0 aliphatic heterocycles. The van der Waals surface area contributed by atoms with Gasteiger partial charge in [-0.15, -0.1) is 0 Å². The van der Waals surface area contributed by atoms with Crippen molar-refractivity contribution in [3.63, 3.8) is 0 Å². The van der Waals surface area contributed by atoms with Crippen LogP contribution in [0.3, 0.4) is 0 Å². The Kier molecular flexibility index (Phi) is 9.63. The standard InChI is InChI=1S/C12H24N2O5S2/c1-4-7-14(9-11(15)16)12(17)10(6-8-20-3)13-21(18,19)5-2/h10,13H,4-9H2,1-3H3,(H,15,16). The Labute approximate surface area is 130 Å². The van der Waals surface area contributed by atoms with Crippen molar-refractivity contribution in [2.24, 2.45) is 0 Å². The highest BCUT2D eigenvalue weighted by molar-refractivity contribution is 7.98. The summed E-state index contributed by atoms with van der Waals surface area (Å²) in [6.07, 6.45) is 2.80. The number of aliphatic carboxylic acids is 1. The van der Waals surface area contributed by atoms with Crippen molar-refractivity contribution in [2.75, 3.05) is 30.9 Å². The first-order chi connectivity index (χ1) is 9.77. The minimum absolute atomic E-state index is 0.122. The fourth-order valence-electron chi connectivity index (χ4n) is 1.69. The van der Waals surface area contributed by atoms with Gasteiger partial charge in [0, 0.05) is 6.54 Å². The largest absolute Gasteiger partial charge is 0.480 e. The van der Waals surface area contributed by atoms with Gasteiger partial charge in [0.15, 0.2) is 0 Å². The molecule has 0 aromatic heterocycles. The van der Waals surface area contributed by atoms with Gasteiger partial charge in [0.2, 0.25) is 15.9 Å². The first kappa shape index (κ1) is 20.2. The molecule has 0 saturated carbocycles. The third-order valence-corrected chi connectivity index (χ3v) is 4.79. The molecule has 0 aromatic rings. The molecule has 9 heteroatoms. The molecule has 1 atom stereocenters. The number of amides is 1. The number of carbonyl (C=O) groups is 2. The second kappa shape index (κ2) is 10.0.